The molecule has 18 heavy (non-hydrogen) atoms. The maximum Gasteiger partial charge on any atom is 0.233 e. The summed E-state index contributed by atoms with van der Waals surface area (Å²) in [6, 6.07) is 7.48. The first-order chi connectivity index (χ1) is 8.45. The Labute approximate surface area is 112 Å². The number of amides is 1. The van der Waals surface area contributed by atoms with Gasteiger partial charge in [0.15, 0.2) is 0 Å². The first-order valence-corrected chi connectivity index (χ1v) is 6.53. The van der Waals surface area contributed by atoms with Gasteiger partial charge in [0.2, 0.25) is 5.91 Å². The lowest BCUT2D eigenvalue weighted by Crippen LogP contribution is -2.40. The summed E-state index contributed by atoms with van der Waals surface area (Å²) in [7, 11) is 1.74. The molecule has 0 radical (unpaired) electrons. The second kappa shape index (κ2) is 4.90. The van der Waals surface area contributed by atoms with Gasteiger partial charge in [0.05, 0.1) is 11.5 Å². The van der Waals surface area contributed by atoms with Gasteiger partial charge in [0, 0.05) is 18.6 Å². The van der Waals surface area contributed by atoms with E-state index in [-0.39, 0.29) is 11.3 Å². The third-order valence-corrected chi connectivity index (χ3v) is 3.69. The maximum absolute atomic E-state index is 12.4. The zero-order chi connectivity index (χ0) is 13.3. The van der Waals surface area contributed by atoms with Crippen molar-refractivity contribution in [2.75, 3.05) is 13.6 Å². The average Bonchev–Trinajstić information content (AvgIpc) is 3.09. The van der Waals surface area contributed by atoms with E-state index in [1.807, 2.05) is 24.3 Å². The van der Waals surface area contributed by atoms with E-state index in [2.05, 4.69) is 0 Å². The Kier molecular flexibility index (Phi) is 3.64. The molecule has 4 heteroatoms. The van der Waals surface area contributed by atoms with Crippen LogP contribution in [0.25, 0.3) is 0 Å². The molecule has 1 aromatic carbocycles. The van der Waals surface area contributed by atoms with Crippen LogP contribution in [-0.4, -0.2) is 35.6 Å². The molecule has 1 unspecified atom stereocenters. The summed E-state index contributed by atoms with van der Waals surface area (Å²) >= 11 is 5.86. The third-order valence-electron chi connectivity index (χ3n) is 3.44. The predicted molar refractivity (Wildman–Crippen MR) is 71.7 cm³/mol. The van der Waals surface area contributed by atoms with Crippen molar-refractivity contribution < 1.29 is 9.90 Å². The number of hydrogen-bond donors (Lipinski definition) is 1. The molecule has 1 aliphatic carbocycles. The number of likely N-dealkylation sites (N-methyl/N-ethyl adjacent to an activating group) is 1. The molecule has 2 rings (SSSR count). The topological polar surface area (TPSA) is 40.5 Å². The molecule has 0 saturated heterocycles. The molecule has 1 saturated carbocycles. The van der Waals surface area contributed by atoms with Gasteiger partial charge in [0.1, 0.15) is 0 Å². The van der Waals surface area contributed by atoms with E-state index in [0.29, 0.717) is 11.6 Å². The highest BCUT2D eigenvalue weighted by molar-refractivity contribution is 6.30. The van der Waals surface area contributed by atoms with E-state index < -0.39 is 6.10 Å². The summed E-state index contributed by atoms with van der Waals surface area (Å²) < 4.78 is 0. The van der Waals surface area contributed by atoms with Crippen LogP contribution >= 0.6 is 11.6 Å². The molecule has 1 fully saturated rings. The fourth-order valence-electron chi connectivity index (χ4n) is 2.36. The van der Waals surface area contributed by atoms with Crippen molar-refractivity contribution in [3.05, 3.63) is 34.9 Å². The number of carbonyl (C=O) groups is 1. The largest absolute Gasteiger partial charge is 0.392 e. The van der Waals surface area contributed by atoms with Crippen LogP contribution in [0.4, 0.5) is 0 Å². The van der Waals surface area contributed by atoms with Gasteiger partial charge < -0.3 is 10.0 Å². The molecular weight excluding hydrogens is 250 g/mol. The lowest BCUT2D eigenvalue weighted by molar-refractivity contribution is -0.133. The molecule has 1 aromatic rings. The summed E-state index contributed by atoms with van der Waals surface area (Å²) in [5.74, 6) is 0.0886. The summed E-state index contributed by atoms with van der Waals surface area (Å²) in [6.45, 7) is 2.06. The first kappa shape index (κ1) is 13.4. The molecule has 0 bridgehead atoms. The highest BCUT2D eigenvalue weighted by atomic mass is 35.5. The SMILES string of the molecule is CC(O)CN(C)C(=O)C1(c2ccc(Cl)cc2)CC1. The monoisotopic (exact) mass is 267 g/mol. The zero-order valence-electron chi connectivity index (χ0n) is 10.7. The van der Waals surface area contributed by atoms with E-state index in [4.69, 9.17) is 11.6 Å². The number of aliphatic hydroxyl groups excluding tert-OH is 1. The second-order valence-electron chi connectivity index (χ2n) is 5.12. The lowest BCUT2D eigenvalue weighted by atomic mass is 9.94. The molecular formula is C14H18ClNO2. The van der Waals surface area contributed by atoms with Gasteiger partial charge in [-0.2, -0.15) is 0 Å². The van der Waals surface area contributed by atoms with Gasteiger partial charge in [-0.25, -0.2) is 0 Å². The van der Waals surface area contributed by atoms with Crippen LogP contribution in [0.15, 0.2) is 24.3 Å². The highest BCUT2D eigenvalue weighted by Gasteiger charge is 2.52. The summed E-state index contributed by atoms with van der Waals surface area (Å²) in [5.41, 5.74) is 0.642. The molecule has 3 nitrogen and oxygen atoms in total. The van der Waals surface area contributed by atoms with Crippen molar-refractivity contribution in [2.24, 2.45) is 0 Å². The molecule has 1 amide bonds. The molecule has 0 aliphatic heterocycles. The van der Waals surface area contributed by atoms with Crippen LogP contribution in [0.1, 0.15) is 25.3 Å². The molecule has 1 aliphatic rings. The number of benzene rings is 1. The Morgan fingerprint density at radius 1 is 1.44 bits per heavy atom. The predicted octanol–water partition coefficient (Wildman–Crippen LogP) is 2.21. The Morgan fingerprint density at radius 2 is 2.00 bits per heavy atom. The Morgan fingerprint density at radius 3 is 2.44 bits per heavy atom. The van der Waals surface area contributed by atoms with Crippen LogP contribution in [0, 0.1) is 0 Å². The maximum atomic E-state index is 12.4. The van der Waals surface area contributed by atoms with Crippen molar-refractivity contribution in [2.45, 2.75) is 31.3 Å². The van der Waals surface area contributed by atoms with E-state index in [1.54, 1.807) is 18.9 Å². The Hall–Kier alpha value is -1.06. The fourth-order valence-corrected chi connectivity index (χ4v) is 2.49. The molecule has 1 N–H and O–H groups in total. The number of halogens is 1. The minimum atomic E-state index is -0.500. The molecule has 1 atom stereocenters. The minimum Gasteiger partial charge on any atom is -0.392 e. The van der Waals surface area contributed by atoms with Gasteiger partial charge in [-0.05, 0) is 37.5 Å². The zero-order valence-corrected chi connectivity index (χ0v) is 11.4. The van der Waals surface area contributed by atoms with Crippen LogP contribution in [-0.2, 0) is 10.2 Å². The van der Waals surface area contributed by atoms with Crippen molar-refractivity contribution in [3.8, 4) is 0 Å². The molecule has 98 valence electrons. The van der Waals surface area contributed by atoms with Crippen molar-refractivity contribution in [1.82, 2.24) is 4.90 Å². The minimum absolute atomic E-state index is 0.0886. The first-order valence-electron chi connectivity index (χ1n) is 6.15. The third kappa shape index (κ3) is 2.52. The fraction of sp³-hybridized carbons (Fsp3) is 0.500. The average molecular weight is 268 g/mol. The molecule has 0 aromatic heterocycles. The van der Waals surface area contributed by atoms with E-state index >= 15 is 0 Å². The number of rotatable bonds is 4. The van der Waals surface area contributed by atoms with Crippen LogP contribution in [0.5, 0.6) is 0 Å². The standard InChI is InChI=1S/C14H18ClNO2/c1-10(17)9-16(2)13(18)14(7-8-14)11-3-5-12(15)6-4-11/h3-6,10,17H,7-9H2,1-2H3. The van der Waals surface area contributed by atoms with Gasteiger partial charge in [0.25, 0.3) is 0 Å². The van der Waals surface area contributed by atoms with Crippen molar-refractivity contribution in [1.29, 1.82) is 0 Å². The smallest absolute Gasteiger partial charge is 0.233 e. The summed E-state index contributed by atoms with van der Waals surface area (Å²) in [5, 5.41) is 10.0. The Bertz CT molecular complexity index is 438. The molecule has 0 heterocycles. The number of aliphatic hydroxyl groups is 1. The summed E-state index contributed by atoms with van der Waals surface area (Å²) in [4.78, 5) is 14.0. The van der Waals surface area contributed by atoms with Gasteiger partial charge in [-0.1, -0.05) is 23.7 Å². The normalized spacial score (nSPS) is 18.2. The van der Waals surface area contributed by atoms with Gasteiger partial charge >= 0.3 is 0 Å². The number of hydrogen-bond acceptors (Lipinski definition) is 2. The van der Waals surface area contributed by atoms with Gasteiger partial charge in [-0.3, -0.25) is 4.79 Å². The highest BCUT2D eigenvalue weighted by Crippen LogP contribution is 2.49. The van der Waals surface area contributed by atoms with Crippen molar-refractivity contribution >= 4 is 17.5 Å². The Balaban J connectivity index is 2.16. The second-order valence-corrected chi connectivity index (χ2v) is 5.56. The van der Waals surface area contributed by atoms with E-state index in [9.17, 15) is 9.90 Å². The van der Waals surface area contributed by atoms with E-state index in [0.717, 1.165) is 18.4 Å². The van der Waals surface area contributed by atoms with Crippen LogP contribution in [0.3, 0.4) is 0 Å². The quantitative estimate of drug-likeness (QED) is 0.909. The lowest BCUT2D eigenvalue weighted by Gasteiger charge is -2.25. The van der Waals surface area contributed by atoms with Crippen LogP contribution in [0.2, 0.25) is 5.02 Å². The summed E-state index contributed by atoms with van der Waals surface area (Å²) in [6.07, 6.45) is 1.25. The molecule has 0 spiro atoms. The number of carbonyl (C=O) groups excluding carboxylic acids is 1. The van der Waals surface area contributed by atoms with Crippen molar-refractivity contribution in [3.63, 3.8) is 0 Å². The van der Waals surface area contributed by atoms with Crippen LogP contribution < -0.4 is 0 Å². The van der Waals surface area contributed by atoms with E-state index in [1.165, 1.54) is 0 Å². The van der Waals surface area contributed by atoms with Gasteiger partial charge in [-0.15, -0.1) is 0 Å². The number of nitrogens with zero attached hydrogens (tertiary/aromatic N) is 1.